The number of para-hydroxylation sites is 1. The van der Waals surface area contributed by atoms with Gasteiger partial charge in [0.05, 0.1) is 23.6 Å². The van der Waals surface area contributed by atoms with Gasteiger partial charge in [-0.1, -0.05) is 30.3 Å². The molecule has 1 aliphatic rings. The number of hydrogen-bond donors (Lipinski definition) is 1. The Kier molecular flexibility index (Phi) is 8.97. The van der Waals surface area contributed by atoms with Crippen molar-refractivity contribution in [2.75, 3.05) is 24.0 Å². The molecule has 5 rings (SSSR count). The van der Waals surface area contributed by atoms with E-state index in [1.165, 1.54) is 16.4 Å². The highest BCUT2D eigenvalue weighted by Crippen LogP contribution is 2.32. The monoisotopic (exact) mass is 629 g/mol. The van der Waals surface area contributed by atoms with Gasteiger partial charge in [0.2, 0.25) is 5.89 Å². The number of aromatic nitrogens is 1. The zero-order valence-electron chi connectivity index (χ0n) is 23.8. The summed E-state index contributed by atoms with van der Waals surface area (Å²) in [5, 5.41) is 9.53. The molecule has 0 amide bonds. The molecule has 0 saturated heterocycles. The van der Waals surface area contributed by atoms with Crippen molar-refractivity contribution < 1.29 is 40.6 Å². The van der Waals surface area contributed by atoms with Crippen LogP contribution in [0, 0.1) is 6.92 Å². The van der Waals surface area contributed by atoms with Gasteiger partial charge in [-0.25, -0.2) is 4.98 Å². The maximum Gasteiger partial charge on any atom is 0.416 e. The van der Waals surface area contributed by atoms with Gasteiger partial charge in [0.25, 0.3) is 0 Å². The first-order chi connectivity index (χ1) is 20.9. The van der Waals surface area contributed by atoms with Crippen molar-refractivity contribution in [3.05, 3.63) is 101 Å². The maximum absolute atomic E-state index is 13.7. The summed E-state index contributed by atoms with van der Waals surface area (Å²) in [6.45, 7) is 1.25. The van der Waals surface area contributed by atoms with E-state index in [0.29, 0.717) is 46.9 Å². The minimum absolute atomic E-state index is 0.177. The van der Waals surface area contributed by atoms with Gasteiger partial charge in [-0.15, -0.1) is 0 Å². The number of carboxylic acid groups (broad SMARTS) is 1. The lowest BCUT2D eigenvalue weighted by atomic mass is 10.0. The molecule has 1 aromatic heterocycles. The third-order valence-electron chi connectivity index (χ3n) is 7.20. The molecule has 4 aromatic rings. The van der Waals surface area contributed by atoms with Gasteiger partial charge in [-0.2, -0.15) is 25.9 Å². The molecule has 0 unspecified atom stereocenters. The molecule has 1 N–H and O–H groups in total. The third-order valence-corrected chi connectivity index (χ3v) is 9.05. The van der Waals surface area contributed by atoms with Gasteiger partial charge < -0.3 is 14.3 Å². The molecular formula is C31H30F3N3O6S. The van der Waals surface area contributed by atoms with Crippen LogP contribution >= 0.6 is 0 Å². The van der Waals surface area contributed by atoms with Gasteiger partial charge in [-0.3, -0.25) is 9.10 Å². The first-order valence-electron chi connectivity index (χ1n) is 13.8. The number of fused-ring (bicyclic) bond motifs is 1. The number of nitrogens with zero attached hydrogens (tertiary/aromatic N) is 3. The average Bonchev–Trinajstić information content (AvgIpc) is 3.36. The second kappa shape index (κ2) is 12.7. The summed E-state index contributed by atoms with van der Waals surface area (Å²) in [6.07, 6.45) is -2.73. The lowest BCUT2D eigenvalue weighted by Crippen LogP contribution is -2.47. The molecule has 0 aliphatic carbocycles. The minimum Gasteiger partial charge on any atom is -0.493 e. The molecule has 2 heterocycles. The van der Waals surface area contributed by atoms with E-state index in [1.807, 2.05) is 12.1 Å². The van der Waals surface area contributed by atoms with Crippen molar-refractivity contribution in [3.8, 4) is 17.2 Å². The second-order valence-corrected chi connectivity index (χ2v) is 12.2. The lowest BCUT2D eigenvalue weighted by Gasteiger charge is -2.34. The summed E-state index contributed by atoms with van der Waals surface area (Å²) in [6, 6.07) is 18.5. The summed E-state index contributed by atoms with van der Waals surface area (Å²) in [5.74, 6) is -0.122. The van der Waals surface area contributed by atoms with Crippen molar-refractivity contribution in [3.63, 3.8) is 0 Å². The summed E-state index contributed by atoms with van der Waals surface area (Å²) in [4.78, 5) is 16.1. The zero-order chi connectivity index (χ0) is 31.5. The number of carboxylic acids is 1. The molecule has 0 spiro atoms. The van der Waals surface area contributed by atoms with E-state index in [4.69, 9.17) is 9.15 Å². The van der Waals surface area contributed by atoms with Gasteiger partial charge in [-0.05, 0) is 73.4 Å². The fraction of sp³-hybridized carbons (Fsp3) is 0.290. The fourth-order valence-corrected chi connectivity index (χ4v) is 6.69. The van der Waals surface area contributed by atoms with Crippen LogP contribution in [0.15, 0.2) is 77.2 Å². The van der Waals surface area contributed by atoms with Crippen LogP contribution in [-0.4, -0.2) is 48.5 Å². The van der Waals surface area contributed by atoms with Crippen LogP contribution in [0.5, 0.6) is 5.75 Å². The Morgan fingerprint density at radius 2 is 1.84 bits per heavy atom. The number of benzene rings is 3. The number of aliphatic carboxylic acids is 1. The molecule has 232 valence electrons. The van der Waals surface area contributed by atoms with Crippen LogP contribution < -0.4 is 9.04 Å². The Morgan fingerprint density at radius 3 is 2.57 bits per heavy atom. The topological polar surface area (TPSA) is 113 Å². The Morgan fingerprint density at radius 1 is 1.09 bits per heavy atom. The van der Waals surface area contributed by atoms with Crippen molar-refractivity contribution >= 4 is 21.9 Å². The molecule has 13 heteroatoms. The second-order valence-electron chi connectivity index (χ2n) is 10.3. The molecule has 44 heavy (non-hydrogen) atoms. The van der Waals surface area contributed by atoms with Gasteiger partial charge in [0.15, 0.2) is 0 Å². The number of alkyl halides is 3. The van der Waals surface area contributed by atoms with Crippen LogP contribution in [0.1, 0.15) is 34.6 Å². The number of anilines is 1. The summed E-state index contributed by atoms with van der Waals surface area (Å²) < 4.78 is 79.8. The quantitative estimate of drug-likeness (QED) is 0.221. The van der Waals surface area contributed by atoms with Crippen molar-refractivity contribution in [2.24, 2.45) is 0 Å². The molecule has 9 nitrogen and oxygen atoms in total. The number of hydrogen-bond acceptors (Lipinski definition) is 6. The number of oxazole rings is 1. The van der Waals surface area contributed by atoms with E-state index in [0.717, 1.165) is 28.4 Å². The number of halogens is 3. The summed E-state index contributed by atoms with van der Waals surface area (Å²) >= 11 is 0. The van der Waals surface area contributed by atoms with Gasteiger partial charge >= 0.3 is 22.4 Å². The summed E-state index contributed by atoms with van der Waals surface area (Å²) in [5.41, 5.74) is 2.21. The van der Waals surface area contributed by atoms with E-state index in [9.17, 15) is 31.5 Å². The van der Waals surface area contributed by atoms with E-state index in [-0.39, 0.29) is 25.6 Å². The maximum atomic E-state index is 13.7. The van der Waals surface area contributed by atoms with Gasteiger partial charge in [0.1, 0.15) is 18.1 Å². The Hall–Kier alpha value is -4.36. The smallest absolute Gasteiger partial charge is 0.416 e. The highest BCUT2D eigenvalue weighted by atomic mass is 32.2. The molecule has 1 aliphatic heterocycles. The molecule has 0 atom stereocenters. The van der Waals surface area contributed by atoms with E-state index in [2.05, 4.69) is 4.98 Å². The molecule has 0 radical (unpaired) electrons. The van der Waals surface area contributed by atoms with Crippen molar-refractivity contribution in [2.45, 2.75) is 38.9 Å². The molecule has 0 fully saturated rings. The average molecular weight is 630 g/mol. The first-order valence-corrected chi connectivity index (χ1v) is 15.2. The number of carbonyl (C=O) groups is 1. The van der Waals surface area contributed by atoms with Crippen LogP contribution in [0.3, 0.4) is 0 Å². The van der Waals surface area contributed by atoms with Crippen molar-refractivity contribution in [1.82, 2.24) is 9.29 Å². The van der Waals surface area contributed by atoms with Crippen LogP contribution in [0.4, 0.5) is 18.9 Å². The van der Waals surface area contributed by atoms with Crippen LogP contribution in [-0.2, 0) is 40.6 Å². The predicted molar refractivity (Wildman–Crippen MR) is 156 cm³/mol. The van der Waals surface area contributed by atoms with Crippen molar-refractivity contribution in [1.29, 1.82) is 0 Å². The Bertz CT molecular complexity index is 1740. The van der Waals surface area contributed by atoms with E-state index < -0.39 is 34.5 Å². The molecule has 3 aromatic carbocycles. The summed E-state index contributed by atoms with van der Waals surface area (Å²) in [7, 11) is -4.16. The number of aryl methyl sites for hydroxylation is 2. The number of rotatable bonds is 11. The van der Waals surface area contributed by atoms with Crippen LogP contribution in [0.2, 0.25) is 0 Å². The standard InChI is InChI=1S/C31H30F3N3O6S/c1-21-27(35-30(43-21)24-11-13-25(14-12-24)31(32,33)34)15-17-42-26-9-4-6-22(18-26)19-36(20-29(38)39)44(40,41)37-16-5-8-23-7-2-3-10-28(23)37/h2-4,6-7,9-14,18H,5,8,15-17,19-20H2,1H3,(H,38,39). The van der Waals surface area contributed by atoms with E-state index >= 15 is 0 Å². The largest absolute Gasteiger partial charge is 0.493 e. The Labute approximate surface area is 252 Å². The number of ether oxygens (including phenoxy) is 1. The lowest BCUT2D eigenvalue weighted by molar-refractivity contribution is -0.138. The highest BCUT2D eigenvalue weighted by Gasteiger charge is 2.34. The van der Waals surface area contributed by atoms with Gasteiger partial charge in [0, 0.05) is 25.1 Å². The molecular weight excluding hydrogens is 599 g/mol. The normalized spacial score (nSPS) is 13.6. The third kappa shape index (κ3) is 7.05. The highest BCUT2D eigenvalue weighted by molar-refractivity contribution is 7.90. The zero-order valence-corrected chi connectivity index (χ0v) is 24.6. The minimum atomic E-state index is -4.44. The molecule has 0 bridgehead atoms. The van der Waals surface area contributed by atoms with Crippen LogP contribution in [0.25, 0.3) is 11.5 Å². The fourth-order valence-electron chi connectivity index (χ4n) is 5.04. The Balaban J connectivity index is 1.25. The predicted octanol–water partition coefficient (Wildman–Crippen LogP) is 5.87. The van der Waals surface area contributed by atoms with E-state index in [1.54, 1.807) is 43.3 Å². The molecule has 0 saturated carbocycles. The SMILES string of the molecule is Cc1oc(-c2ccc(C(F)(F)F)cc2)nc1CCOc1cccc(CN(CC(=O)O)S(=O)(=O)N2CCCc3ccccc32)c1. The first kappa shape index (κ1) is 31.1.